The number of para-hydroxylation sites is 1. The molecule has 2 aromatic carbocycles. The fourth-order valence-electron chi connectivity index (χ4n) is 2.17. The van der Waals surface area contributed by atoms with Gasteiger partial charge in [0.05, 0.1) is 5.56 Å². The summed E-state index contributed by atoms with van der Waals surface area (Å²) >= 11 is 0. The maximum Gasteiger partial charge on any atom is 0.141 e. The summed E-state index contributed by atoms with van der Waals surface area (Å²) in [5, 5.41) is 20.1. The number of nitrogens with zero attached hydrogens (tertiary/aromatic N) is 1. The molecule has 0 bridgehead atoms. The summed E-state index contributed by atoms with van der Waals surface area (Å²) in [6.07, 6.45) is 1.86. The van der Waals surface area contributed by atoms with Crippen molar-refractivity contribution in [3.63, 3.8) is 0 Å². The van der Waals surface area contributed by atoms with Crippen LogP contribution in [0.25, 0.3) is 22.0 Å². The highest BCUT2D eigenvalue weighted by molar-refractivity contribution is 5.96. The number of benzene rings is 2. The van der Waals surface area contributed by atoms with Gasteiger partial charge in [-0.2, -0.15) is 5.26 Å². The van der Waals surface area contributed by atoms with E-state index in [1.54, 1.807) is 12.1 Å². The Morgan fingerprint density at radius 2 is 1.78 bits per heavy atom. The van der Waals surface area contributed by atoms with Gasteiger partial charge >= 0.3 is 0 Å². The average molecular weight is 234 g/mol. The largest absolute Gasteiger partial charge is 0.506 e. The molecule has 0 saturated heterocycles. The molecular weight excluding hydrogens is 224 g/mol. The second-order valence-electron chi connectivity index (χ2n) is 4.06. The molecule has 0 spiro atoms. The van der Waals surface area contributed by atoms with Crippen LogP contribution in [0.5, 0.6) is 5.75 Å². The first-order valence-corrected chi connectivity index (χ1v) is 5.60. The van der Waals surface area contributed by atoms with Gasteiger partial charge in [0, 0.05) is 22.7 Å². The van der Waals surface area contributed by atoms with E-state index in [0.29, 0.717) is 11.1 Å². The van der Waals surface area contributed by atoms with Crippen LogP contribution in [0.1, 0.15) is 5.56 Å². The summed E-state index contributed by atoms with van der Waals surface area (Å²) in [7, 11) is 0. The lowest BCUT2D eigenvalue weighted by Gasteiger charge is -2.07. The predicted molar refractivity (Wildman–Crippen MR) is 70.1 cm³/mol. The first-order valence-electron chi connectivity index (χ1n) is 5.60. The van der Waals surface area contributed by atoms with Crippen molar-refractivity contribution in [2.24, 2.45) is 0 Å². The Bertz CT molecular complexity index is 766. The third-order valence-corrected chi connectivity index (χ3v) is 3.04. The van der Waals surface area contributed by atoms with E-state index in [1.807, 2.05) is 42.6 Å². The maximum atomic E-state index is 10.1. The van der Waals surface area contributed by atoms with E-state index in [1.165, 1.54) is 0 Å². The molecule has 0 atom stereocenters. The fourth-order valence-corrected chi connectivity index (χ4v) is 2.17. The summed E-state index contributed by atoms with van der Waals surface area (Å²) in [6.45, 7) is 0. The number of nitriles is 1. The van der Waals surface area contributed by atoms with Gasteiger partial charge in [-0.15, -0.1) is 0 Å². The van der Waals surface area contributed by atoms with E-state index in [0.717, 1.165) is 16.5 Å². The van der Waals surface area contributed by atoms with Crippen LogP contribution >= 0.6 is 0 Å². The molecule has 0 saturated carbocycles. The number of aromatic nitrogens is 1. The topological polar surface area (TPSA) is 59.8 Å². The lowest BCUT2D eigenvalue weighted by molar-refractivity contribution is 0.475. The highest BCUT2D eigenvalue weighted by atomic mass is 16.3. The van der Waals surface area contributed by atoms with Crippen LogP contribution in [-0.2, 0) is 0 Å². The van der Waals surface area contributed by atoms with Gasteiger partial charge in [-0.25, -0.2) is 0 Å². The van der Waals surface area contributed by atoms with Gasteiger partial charge in [0.1, 0.15) is 11.8 Å². The van der Waals surface area contributed by atoms with Gasteiger partial charge in [0.2, 0.25) is 0 Å². The quantitative estimate of drug-likeness (QED) is 0.677. The molecular formula is C15H10N2O. The monoisotopic (exact) mass is 234 g/mol. The smallest absolute Gasteiger partial charge is 0.141 e. The van der Waals surface area contributed by atoms with E-state index in [2.05, 4.69) is 4.98 Å². The van der Waals surface area contributed by atoms with Crippen molar-refractivity contribution < 1.29 is 5.11 Å². The number of phenolic OH excluding ortho intramolecular Hbond substituents is 1. The van der Waals surface area contributed by atoms with Crippen molar-refractivity contribution in [3.8, 4) is 22.9 Å². The van der Waals surface area contributed by atoms with Gasteiger partial charge in [0.15, 0.2) is 0 Å². The zero-order valence-electron chi connectivity index (χ0n) is 9.51. The molecule has 0 aliphatic carbocycles. The van der Waals surface area contributed by atoms with Gasteiger partial charge in [-0.05, 0) is 23.8 Å². The van der Waals surface area contributed by atoms with Gasteiger partial charge in [0.25, 0.3) is 0 Å². The number of rotatable bonds is 1. The number of aromatic amines is 1. The van der Waals surface area contributed by atoms with Gasteiger partial charge in [-0.1, -0.05) is 24.3 Å². The Hall–Kier alpha value is -2.73. The molecule has 86 valence electrons. The zero-order valence-corrected chi connectivity index (χ0v) is 9.51. The normalized spacial score (nSPS) is 10.4. The van der Waals surface area contributed by atoms with Crippen LogP contribution in [-0.4, -0.2) is 10.1 Å². The molecule has 3 heteroatoms. The molecule has 0 amide bonds. The zero-order chi connectivity index (χ0) is 12.5. The van der Waals surface area contributed by atoms with E-state index in [-0.39, 0.29) is 5.75 Å². The number of aromatic hydroxyl groups is 1. The van der Waals surface area contributed by atoms with Crippen molar-refractivity contribution in [2.45, 2.75) is 0 Å². The Kier molecular flexibility index (Phi) is 2.28. The number of hydrogen-bond donors (Lipinski definition) is 2. The lowest BCUT2D eigenvalue weighted by Crippen LogP contribution is -1.84. The Balaban J connectivity index is 2.34. The third-order valence-electron chi connectivity index (χ3n) is 3.04. The van der Waals surface area contributed by atoms with Crippen LogP contribution < -0.4 is 0 Å². The maximum absolute atomic E-state index is 10.1. The molecule has 18 heavy (non-hydrogen) atoms. The molecule has 3 rings (SSSR count). The van der Waals surface area contributed by atoms with Crippen LogP contribution in [0.3, 0.4) is 0 Å². The highest BCUT2D eigenvalue weighted by Gasteiger charge is 2.11. The average Bonchev–Trinajstić information content (AvgIpc) is 2.87. The molecule has 2 N–H and O–H groups in total. The fraction of sp³-hybridized carbons (Fsp3) is 0. The summed E-state index contributed by atoms with van der Waals surface area (Å²) in [4.78, 5) is 3.13. The minimum absolute atomic E-state index is 0.0358. The lowest BCUT2D eigenvalue weighted by atomic mass is 9.99. The molecule has 0 aliphatic heterocycles. The first kappa shape index (κ1) is 10.4. The third kappa shape index (κ3) is 1.44. The minimum atomic E-state index is 0.0358. The number of H-pyrrole nitrogens is 1. The molecule has 0 aliphatic rings. The molecule has 0 unspecified atom stereocenters. The summed E-state index contributed by atoms with van der Waals surface area (Å²) in [5.41, 5.74) is 2.90. The van der Waals surface area contributed by atoms with Crippen LogP contribution in [0.4, 0.5) is 0 Å². The van der Waals surface area contributed by atoms with Crippen molar-refractivity contribution >= 4 is 10.9 Å². The SMILES string of the molecule is N#Cc1cccc(-c2cccc3[nH]ccc23)c1O. The van der Waals surface area contributed by atoms with Crippen LogP contribution in [0.2, 0.25) is 0 Å². The minimum Gasteiger partial charge on any atom is -0.506 e. The molecule has 3 aromatic rings. The highest BCUT2D eigenvalue weighted by Crippen LogP contribution is 2.35. The Morgan fingerprint density at radius 3 is 2.61 bits per heavy atom. The molecule has 0 fully saturated rings. The number of fused-ring (bicyclic) bond motifs is 1. The van der Waals surface area contributed by atoms with Crippen molar-refractivity contribution in [1.29, 1.82) is 5.26 Å². The van der Waals surface area contributed by atoms with E-state index < -0.39 is 0 Å². The standard InChI is InChI=1S/C15H10N2O/c16-9-10-3-1-5-13(15(10)18)11-4-2-6-14-12(11)7-8-17-14/h1-8,17-18H. The second-order valence-corrected chi connectivity index (χ2v) is 4.06. The van der Waals surface area contributed by atoms with Crippen LogP contribution in [0, 0.1) is 11.3 Å². The van der Waals surface area contributed by atoms with E-state index in [9.17, 15) is 5.11 Å². The summed E-state index contributed by atoms with van der Waals surface area (Å²) in [6, 6.07) is 15.0. The summed E-state index contributed by atoms with van der Waals surface area (Å²) in [5.74, 6) is 0.0358. The molecule has 1 aromatic heterocycles. The number of phenols is 1. The number of nitrogens with one attached hydrogen (secondary N) is 1. The Morgan fingerprint density at radius 1 is 1.00 bits per heavy atom. The molecule has 1 heterocycles. The van der Waals surface area contributed by atoms with Crippen molar-refractivity contribution in [2.75, 3.05) is 0 Å². The second kappa shape index (κ2) is 3.94. The summed E-state index contributed by atoms with van der Waals surface area (Å²) < 4.78 is 0. The van der Waals surface area contributed by atoms with E-state index in [4.69, 9.17) is 5.26 Å². The van der Waals surface area contributed by atoms with E-state index >= 15 is 0 Å². The van der Waals surface area contributed by atoms with Gasteiger partial charge in [-0.3, -0.25) is 0 Å². The molecule has 3 nitrogen and oxygen atoms in total. The number of hydrogen-bond acceptors (Lipinski definition) is 2. The first-order chi connectivity index (χ1) is 8.81. The Labute approximate surface area is 104 Å². The van der Waals surface area contributed by atoms with Crippen LogP contribution in [0.15, 0.2) is 48.7 Å². The van der Waals surface area contributed by atoms with Crippen molar-refractivity contribution in [3.05, 3.63) is 54.2 Å². The molecule has 0 radical (unpaired) electrons. The predicted octanol–water partition coefficient (Wildman–Crippen LogP) is 3.41. The van der Waals surface area contributed by atoms with Gasteiger partial charge < -0.3 is 10.1 Å². The van der Waals surface area contributed by atoms with Crippen molar-refractivity contribution in [1.82, 2.24) is 4.98 Å².